The fraction of sp³-hybridized carbons (Fsp3) is 0.512. The Kier molecular flexibility index (Phi) is 10.4. The summed E-state index contributed by atoms with van der Waals surface area (Å²) in [6.45, 7) is 3.63. The van der Waals surface area contributed by atoms with Crippen molar-refractivity contribution in [2.24, 2.45) is 23.7 Å². The zero-order valence-electron chi connectivity index (χ0n) is 30.4. The number of carbonyl (C=O) groups is 3. The Bertz CT molecular complexity index is 1900. The van der Waals surface area contributed by atoms with Crippen LogP contribution >= 0.6 is 10.5 Å². The van der Waals surface area contributed by atoms with E-state index in [1.807, 2.05) is 25.1 Å². The molecule has 5 fully saturated rings. The van der Waals surface area contributed by atoms with E-state index in [4.69, 9.17) is 18.9 Å². The van der Waals surface area contributed by atoms with Gasteiger partial charge in [-0.3, -0.25) is 9.59 Å². The fourth-order valence-corrected chi connectivity index (χ4v) is 12.7. The SMILES string of the molecule is CCC1(OC(=O)CC(C(=O)OCC(=O)OC2(C)C3CC4CC(C3)CC2C4)c2cc(-[s+]3c4ccccc4c4ccccc43)ccc2OC)CCCC1.[Cl-]. The number of halogens is 1. The van der Waals surface area contributed by atoms with E-state index in [1.54, 1.807) is 7.11 Å². The predicted octanol–water partition coefficient (Wildman–Crippen LogP) is 6.78. The molecule has 1 unspecified atom stereocenters. The van der Waals surface area contributed by atoms with Gasteiger partial charge >= 0.3 is 17.9 Å². The van der Waals surface area contributed by atoms with Crippen LogP contribution in [0.1, 0.15) is 96.0 Å². The molecule has 9 rings (SSSR count). The van der Waals surface area contributed by atoms with Crippen molar-refractivity contribution in [2.45, 2.75) is 102 Å². The van der Waals surface area contributed by atoms with Crippen molar-refractivity contribution in [2.75, 3.05) is 13.7 Å². The minimum Gasteiger partial charge on any atom is -1.00 e. The molecular weight excluding hydrogens is 696 g/mol. The summed E-state index contributed by atoms with van der Waals surface area (Å²) in [4.78, 5) is 42.3. The minimum atomic E-state index is -1.04. The van der Waals surface area contributed by atoms with Gasteiger partial charge < -0.3 is 31.4 Å². The van der Waals surface area contributed by atoms with Crippen LogP contribution in [0.15, 0.2) is 66.7 Å². The lowest BCUT2D eigenvalue weighted by Gasteiger charge is -2.59. The normalized spacial score (nSPS) is 26.1. The second-order valence-electron chi connectivity index (χ2n) is 15.7. The average molecular weight is 745 g/mol. The maximum atomic E-state index is 14.2. The van der Waals surface area contributed by atoms with Gasteiger partial charge in [0, 0.05) is 38.9 Å². The standard InChI is InChI=1S/C43H49O7S.ClH/c1-4-43(17-9-10-18-43)50-39(44)25-35(41(46)48-26-40(45)49-42(2)29-20-27-19-28(22-29)23-30(42)21-27)34-24-31(15-16-36(34)47-3)51-37-13-7-5-11-32(37)33-12-6-8-14-38(33)51;/h5-8,11-16,24,27-30,35H,4,9-10,17-23,25-26H2,1-3H3;1H/q+1;/p-1. The summed E-state index contributed by atoms with van der Waals surface area (Å²) in [7, 11) is 1.13. The van der Waals surface area contributed by atoms with Crippen LogP contribution in [0.2, 0.25) is 0 Å². The van der Waals surface area contributed by atoms with Crippen molar-refractivity contribution >= 4 is 48.6 Å². The molecular formula is C43H49ClO7S. The molecule has 1 heterocycles. The maximum Gasteiger partial charge on any atom is 0.344 e. The summed E-state index contributed by atoms with van der Waals surface area (Å²) in [5.74, 6) is -0.00362. The molecule has 52 heavy (non-hydrogen) atoms. The first-order valence-electron chi connectivity index (χ1n) is 18.9. The Labute approximate surface area is 315 Å². The van der Waals surface area contributed by atoms with Gasteiger partial charge in [0.15, 0.2) is 20.9 Å². The lowest BCUT2D eigenvalue weighted by Crippen LogP contribution is -3.00. The number of rotatable bonds is 11. The van der Waals surface area contributed by atoms with Gasteiger partial charge in [0.25, 0.3) is 0 Å². The second kappa shape index (κ2) is 14.7. The molecule has 0 saturated heterocycles. The molecule has 7 nitrogen and oxygen atoms in total. The number of hydrogen-bond donors (Lipinski definition) is 0. The summed E-state index contributed by atoms with van der Waals surface area (Å²) < 4.78 is 26.4. The van der Waals surface area contributed by atoms with Crippen LogP contribution in [-0.2, 0) is 28.6 Å². The number of ether oxygens (including phenoxy) is 4. The number of fused-ring (bicyclic) bond motifs is 3. The monoisotopic (exact) mass is 744 g/mol. The van der Waals surface area contributed by atoms with Gasteiger partial charge in [0.1, 0.15) is 17.0 Å². The molecule has 3 aromatic carbocycles. The van der Waals surface area contributed by atoms with Crippen LogP contribution in [0.3, 0.4) is 0 Å². The number of methoxy groups -OCH3 is 1. The molecule has 9 heteroatoms. The van der Waals surface area contributed by atoms with Gasteiger partial charge in [-0.25, -0.2) is 4.79 Å². The highest BCUT2D eigenvalue weighted by atomic mass is 35.5. The molecule has 5 aliphatic carbocycles. The first kappa shape index (κ1) is 36.7. The quantitative estimate of drug-likeness (QED) is 0.0951. The zero-order chi connectivity index (χ0) is 35.3. The summed E-state index contributed by atoms with van der Waals surface area (Å²) in [6.07, 6.45) is 9.89. The van der Waals surface area contributed by atoms with Crippen LogP contribution < -0.4 is 17.1 Å². The van der Waals surface area contributed by atoms with Crippen LogP contribution in [0.4, 0.5) is 0 Å². The van der Waals surface area contributed by atoms with Crippen molar-refractivity contribution in [3.63, 3.8) is 0 Å². The molecule has 276 valence electrons. The molecule has 0 N–H and O–H groups in total. The summed E-state index contributed by atoms with van der Waals surface area (Å²) in [6, 6.07) is 22.7. The largest absolute Gasteiger partial charge is 1.00 e. The van der Waals surface area contributed by atoms with E-state index in [2.05, 4.69) is 55.5 Å². The topological polar surface area (TPSA) is 88.1 Å². The van der Waals surface area contributed by atoms with E-state index in [-0.39, 0.29) is 18.8 Å². The van der Waals surface area contributed by atoms with E-state index < -0.39 is 52.1 Å². The third-order valence-corrected chi connectivity index (χ3v) is 15.2. The third kappa shape index (κ3) is 6.59. The Morgan fingerprint density at radius 1 is 0.808 bits per heavy atom. The Hall–Kier alpha value is -3.62. The third-order valence-electron chi connectivity index (χ3n) is 12.9. The highest BCUT2D eigenvalue weighted by Crippen LogP contribution is 2.59. The van der Waals surface area contributed by atoms with Crippen molar-refractivity contribution in [1.29, 1.82) is 0 Å². The van der Waals surface area contributed by atoms with Crippen molar-refractivity contribution in [3.05, 3.63) is 72.3 Å². The van der Waals surface area contributed by atoms with E-state index >= 15 is 0 Å². The molecule has 5 aliphatic rings. The van der Waals surface area contributed by atoms with Gasteiger partial charge in [0.2, 0.25) is 0 Å². The van der Waals surface area contributed by atoms with E-state index in [0.29, 0.717) is 23.1 Å². The summed E-state index contributed by atoms with van der Waals surface area (Å²) in [5.41, 5.74) is -0.486. The molecule has 0 radical (unpaired) electrons. The second-order valence-corrected chi connectivity index (χ2v) is 17.7. The van der Waals surface area contributed by atoms with Crippen LogP contribution in [0, 0.1) is 23.7 Å². The number of esters is 3. The molecule has 4 aromatic rings. The maximum absolute atomic E-state index is 14.2. The fourth-order valence-electron chi connectivity index (χ4n) is 10.3. The summed E-state index contributed by atoms with van der Waals surface area (Å²) in [5, 5.41) is 2.39. The highest BCUT2D eigenvalue weighted by molar-refractivity contribution is 7.50. The van der Waals surface area contributed by atoms with Crippen LogP contribution in [-0.4, -0.2) is 42.8 Å². The van der Waals surface area contributed by atoms with Crippen molar-refractivity contribution in [3.8, 4) is 10.6 Å². The Morgan fingerprint density at radius 2 is 1.40 bits per heavy atom. The first-order valence-corrected chi connectivity index (χ1v) is 20.1. The lowest BCUT2D eigenvalue weighted by atomic mass is 9.50. The molecule has 1 atom stereocenters. The van der Waals surface area contributed by atoms with Gasteiger partial charge in [-0.1, -0.05) is 31.2 Å². The minimum absolute atomic E-state index is 0. The predicted molar refractivity (Wildman–Crippen MR) is 199 cm³/mol. The van der Waals surface area contributed by atoms with Gasteiger partial charge in [0.05, 0.1) is 19.4 Å². The zero-order valence-corrected chi connectivity index (χ0v) is 31.9. The van der Waals surface area contributed by atoms with Gasteiger partial charge in [-0.05, 0) is 125 Å². The molecule has 0 aliphatic heterocycles. The van der Waals surface area contributed by atoms with Gasteiger partial charge in [-0.15, -0.1) is 0 Å². The van der Waals surface area contributed by atoms with E-state index in [1.165, 1.54) is 26.6 Å². The molecule has 0 spiro atoms. The number of hydrogen-bond acceptors (Lipinski definition) is 7. The van der Waals surface area contributed by atoms with Gasteiger partial charge in [-0.2, -0.15) is 0 Å². The Balaban J connectivity index is 0.00000420. The molecule has 5 saturated carbocycles. The van der Waals surface area contributed by atoms with E-state index in [0.717, 1.165) is 74.5 Å². The van der Waals surface area contributed by atoms with Crippen LogP contribution in [0.5, 0.6) is 5.75 Å². The molecule has 4 bridgehead atoms. The average Bonchev–Trinajstić information content (AvgIpc) is 3.74. The van der Waals surface area contributed by atoms with E-state index in [9.17, 15) is 14.4 Å². The molecule has 0 amide bonds. The smallest absolute Gasteiger partial charge is 0.344 e. The van der Waals surface area contributed by atoms with Crippen LogP contribution in [0.25, 0.3) is 25.1 Å². The number of thiophene rings is 1. The summed E-state index contributed by atoms with van der Waals surface area (Å²) >= 11 is 0. The number of benzene rings is 3. The Morgan fingerprint density at radius 3 is 1.98 bits per heavy atom. The molecule has 1 aromatic heterocycles. The lowest BCUT2D eigenvalue weighted by molar-refractivity contribution is -0.207. The van der Waals surface area contributed by atoms with Crippen molar-refractivity contribution < 1.29 is 45.7 Å². The highest BCUT2D eigenvalue weighted by Gasteiger charge is 2.57. The number of carbonyl (C=O) groups excluding carboxylic acids is 3. The van der Waals surface area contributed by atoms with Crippen molar-refractivity contribution in [1.82, 2.24) is 0 Å². The first-order chi connectivity index (χ1) is 24.7.